The minimum atomic E-state index is -0.172. The molecule has 0 heterocycles. The lowest BCUT2D eigenvalue weighted by Crippen LogP contribution is -2.07. The van der Waals surface area contributed by atoms with E-state index >= 15 is 0 Å². The van der Waals surface area contributed by atoms with E-state index in [-0.39, 0.29) is 5.97 Å². The Balaban J connectivity index is 3.62. The van der Waals surface area contributed by atoms with Crippen LogP contribution in [0.15, 0.2) is 12.8 Å². The van der Waals surface area contributed by atoms with Gasteiger partial charge in [0.1, 0.15) is 0 Å². The predicted octanol–water partition coefficient (Wildman–Crippen LogP) is 2.50. The number of rotatable bonds is 5. The van der Waals surface area contributed by atoms with Crippen molar-refractivity contribution in [2.45, 2.75) is 33.1 Å². The summed E-state index contributed by atoms with van der Waals surface area (Å²) in [4.78, 5) is 10.9. The van der Waals surface area contributed by atoms with E-state index in [1.165, 1.54) is 6.26 Å². The van der Waals surface area contributed by atoms with Gasteiger partial charge in [0.15, 0.2) is 0 Å². The van der Waals surface area contributed by atoms with E-state index in [1.54, 1.807) is 0 Å². The fourth-order valence-corrected chi connectivity index (χ4v) is 0.954. The highest BCUT2D eigenvalue weighted by atomic mass is 16.5. The molecule has 0 radical (unpaired) electrons. The van der Waals surface area contributed by atoms with Crippen LogP contribution in [0.4, 0.5) is 0 Å². The Labute approximate surface area is 68.2 Å². The van der Waals surface area contributed by atoms with Crippen molar-refractivity contribution in [3.63, 3.8) is 0 Å². The summed E-state index contributed by atoms with van der Waals surface area (Å²) in [6, 6.07) is 0. The van der Waals surface area contributed by atoms with E-state index in [2.05, 4.69) is 25.2 Å². The van der Waals surface area contributed by atoms with Crippen LogP contribution in [-0.4, -0.2) is 5.97 Å². The number of ether oxygens (including phenoxy) is 1. The molecule has 0 aromatic rings. The number of hydrogen-bond donors (Lipinski definition) is 0. The van der Waals surface area contributed by atoms with Crippen molar-refractivity contribution in [1.29, 1.82) is 0 Å². The highest BCUT2D eigenvalue weighted by Crippen LogP contribution is 2.12. The lowest BCUT2D eigenvalue weighted by molar-refractivity contribution is -0.139. The molecule has 64 valence electrons. The first kappa shape index (κ1) is 10.2. The smallest absolute Gasteiger partial charge is 0.310 e. The highest BCUT2D eigenvalue weighted by molar-refractivity contribution is 5.70. The molecule has 0 N–H and O–H groups in total. The maximum Gasteiger partial charge on any atom is 0.310 e. The summed E-state index contributed by atoms with van der Waals surface area (Å²) in [6.45, 7) is 7.47. The largest absolute Gasteiger partial charge is 0.435 e. The first-order chi connectivity index (χ1) is 5.24. The van der Waals surface area contributed by atoms with Gasteiger partial charge in [0.25, 0.3) is 0 Å². The summed E-state index contributed by atoms with van der Waals surface area (Å²) in [5, 5.41) is 0. The van der Waals surface area contributed by atoms with Crippen LogP contribution in [0.5, 0.6) is 0 Å². The van der Waals surface area contributed by atoms with E-state index in [4.69, 9.17) is 0 Å². The molecule has 2 heteroatoms. The first-order valence-electron chi connectivity index (χ1n) is 4.04. The second kappa shape index (κ2) is 5.96. The van der Waals surface area contributed by atoms with Gasteiger partial charge in [0, 0.05) is 6.42 Å². The van der Waals surface area contributed by atoms with Crippen molar-refractivity contribution in [1.82, 2.24) is 0 Å². The maximum absolute atomic E-state index is 10.9. The molecule has 0 fully saturated rings. The van der Waals surface area contributed by atoms with Crippen LogP contribution < -0.4 is 0 Å². The standard InChI is InChI=1S/C9H16O2/c1-4-8(5-2)7-9(10)11-6-3/h6,8H,3-5,7H2,1-2H3. The highest BCUT2D eigenvalue weighted by Gasteiger charge is 2.09. The molecule has 2 nitrogen and oxygen atoms in total. The second-order valence-electron chi connectivity index (χ2n) is 2.54. The molecule has 0 aliphatic rings. The average Bonchev–Trinajstić information content (AvgIpc) is 2.01. The topological polar surface area (TPSA) is 26.3 Å². The summed E-state index contributed by atoms with van der Waals surface area (Å²) < 4.78 is 4.60. The van der Waals surface area contributed by atoms with Crippen molar-refractivity contribution in [2.75, 3.05) is 0 Å². The van der Waals surface area contributed by atoms with Crippen LogP contribution in [0.25, 0.3) is 0 Å². The van der Waals surface area contributed by atoms with Crippen LogP contribution in [0.2, 0.25) is 0 Å². The molecule has 0 bridgehead atoms. The van der Waals surface area contributed by atoms with Crippen molar-refractivity contribution in [2.24, 2.45) is 5.92 Å². The van der Waals surface area contributed by atoms with Crippen molar-refractivity contribution >= 4 is 5.97 Å². The lowest BCUT2D eigenvalue weighted by atomic mass is 10.00. The second-order valence-corrected chi connectivity index (χ2v) is 2.54. The van der Waals surface area contributed by atoms with Crippen LogP contribution in [0.1, 0.15) is 33.1 Å². The van der Waals surface area contributed by atoms with Gasteiger partial charge in [-0.3, -0.25) is 4.79 Å². The van der Waals surface area contributed by atoms with Gasteiger partial charge in [-0.2, -0.15) is 0 Å². The summed E-state index contributed by atoms with van der Waals surface area (Å²) in [7, 11) is 0. The molecule has 0 amide bonds. The van der Waals surface area contributed by atoms with Crippen LogP contribution in [0.3, 0.4) is 0 Å². The maximum atomic E-state index is 10.9. The van der Waals surface area contributed by atoms with E-state index in [0.29, 0.717) is 12.3 Å². The summed E-state index contributed by atoms with van der Waals surface area (Å²) in [5.74, 6) is 0.288. The minimum Gasteiger partial charge on any atom is -0.435 e. The number of hydrogen-bond acceptors (Lipinski definition) is 2. The molecule has 0 saturated heterocycles. The summed E-state index contributed by atoms with van der Waals surface area (Å²) in [5.41, 5.74) is 0. The number of esters is 1. The summed E-state index contributed by atoms with van der Waals surface area (Å²) in [6.07, 6.45) is 3.76. The third-order valence-electron chi connectivity index (χ3n) is 1.82. The van der Waals surface area contributed by atoms with Gasteiger partial charge >= 0.3 is 5.97 Å². The molecular formula is C9H16O2. The van der Waals surface area contributed by atoms with E-state index in [9.17, 15) is 4.79 Å². The Morgan fingerprint density at radius 3 is 2.45 bits per heavy atom. The molecule has 0 spiro atoms. The van der Waals surface area contributed by atoms with Gasteiger partial charge in [-0.15, -0.1) is 0 Å². The molecule has 0 rings (SSSR count). The van der Waals surface area contributed by atoms with Crippen molar-refractivity contribution in [3.05, 3.63) is 12.8 Å². The quantitative estimate of drug-likeness (QED) is 0.451. The molecular weight excluding hydrogens is 140 g/mol. The Morgan fingerprint density at radius 2 is 2.09 bits per heavy atom. The molecule has 0 aliphatic heterocycles. The lowest BCUT2D eigenvalue weighted by Gasteiger charge is -2.08. The van der Waals surface area contributed by atoms with Gasteiger partial charge in [0.05, 0.1) is 6.26 Å². The average molecular weight is 156 g/mol. The third-order valence-corrected chi connectivity index (χ3v) is 1.82. The Hall–Kier alpha value is -0.790. The third kappa shape index (κ3) is 4.59. The molecule has 0 aromatic heterocycles. The zero-order chi connectivity index (χ0) is 8.69. The zero-order valence-electron chi connectivity index (χ0n) is 7.30. The number of carbonyl (C=O) groups is 1. The Kier molecular flexibility index (Phi) is 5.53. The van der Waals surface area contributed by atoms with Gasteiger partial charge in [-0.1, -0.05) is 33.3 Å². The summed E-state index contributed by atoms with van der Waals surface area (Å²) >= 11 is 0. The SMILES string of the molecule is C=COC(=O)CC(CC)CC. The first-order valence-corrected chi connectivity index (χ1v) is 4.04. The molecule has 0 unspecified atom stereocenters. The molecule has 0 saturated carbocycles. The normalized spacial score (nSPS) is 9.73. The monoisotopic (exact) mass is 156 g/mol. The fraction of sp³-hybridized carbons (Fsp3) is 0.667. The van der Waals surface area contributed by atoms with Crippen LogP contribution in [-0.2, 0) is 9.53 Å². The van der Waals surface area contributed by atoms with Gasteiger partial charge in [0.2, 0.25) is 0 Å². The molecule has 0 aliphatic carbocycles. The number of carbonyl (C=O) groups excluding carboxylic acids is 1. The van der Waals surface area contributed by atoms with Crippen LogP contribution >= 0.6 is 0 Å². The van der Waals surface area contributed by atoms with Gasteiger partial charge in [-0.05, 0) is 5.92 Å². The van der Waals surface area contributed by atoms with E-state index in [1.807, 2.05) is 0 Å². The zero-order valence-corrected chi connectivity index (χ0v) is 7.30. The molecule has 11 heavy (non-hydrogen) atoms. The van der Waals surface area contributed by atoms with Gasteiger partial charge < -0.3 is 4.74 Å². The molecule has 0 atom stereocenters. The van der Waals surface area contributed by atoms with Crippen molar-refractivity contribution in [3.8, 4) is 0 Å². The van der Waals surface area contributed by atoms with Crippen molar-refractivity contribution < 1.29 is 9.53 Å². The predicted molar refractivity (Wildman–Crippen MR) is 45.0 cm³/mol. The van der Waals surface area contributed by atoms with Gasteiger partial charge in [-0.25, -0.2) is 0 Å². The Bertz CT molecular complexity index is 126. The minimum absolute atomic E-state index is 0.172. The van der Waals surface area contributed by atoms with Crippen LogP contribution in [0, 0.1) is 5.92 Å². The Morgan fingerprint density at radius 1 is 1.55 bits per heavy atom. The van der Waals surface area contributed by atoms with E-state index < -0.39 is 0 Å². The fourth-order valence-electron chi connectivity index (χ4n) is 0.954. The van der Waals surface area contributed by atoms with E-state index in [0.717, 1.165) is 12.8 Å². The molecule has 0 aromatic carbocycles.